The number of hydrogen-bond donors (Lipinski definition) is 2. The zero-order valence-corrected chi connectivity index (χ0v) is 17.4. The number of rotatable bonds is 5. The summed E-state index contributed by atoms with van der Waals surface area (Å²) in [5.41, 5.74) is 3.53. The highest BCUT2D eigenvalue weighted by Crippen LogP contribution is 2.37. The Morgan fingerprint density at radius 1 is 1.21 bits per heavy atom. The molecule has 0 bridgehead atoms. The second kappa shape index (κ2) is 8.30. The first kappa shape index (κ1) is 21.1. The summed E-state index contributed by atoms with van der Waals surface area (Å²) in [6.45, 7) is -1.34. The maximum atomic E-state index is 13.0. The second-order valence-electron chi connectivity index (χ2n) is 7.63. The molecule has 3 aromatic heterocycles. The summed E-state index contributed by atoms with van der Waals surface area (Å²) in [5.74, 6) is -0.108. The zero-order chi connectivity index (χ0) is 23.1. The molecule has 1 aromatic carbocycles. The van der Waals surface area contributed by atoms with Gasteiger partial charge in [0.25, 0.3) is 0 Å². The van der Waals surface area contributed by atoms with Crippen LogP contribution in [0.3, 0.4) is 0 Å². The van der Waals surface area contributed by atoms with Crippen molar-refractivity contribution in [2.45, 2.75) is 25.7 Å². The smallest absolute Gasteiger partial charge is 0.387 e. The number of pyridine rings is 1. The normalized spacial score (nSPS) is 17.8. The average Bonchev–Trinajstić information content (AvgIpc) is 3.19. The van der Waals surface area contributed by atoms with E-state index in [1.165, 1.54) is 13.0 Å². The van der Waals surface area contributed by atoms with E-state index in [9.17, 15) is 18.7 Å². The molecule has 0 radical (unpaired) electrons. The number of halogens is 2. The van der Waals surface area contributed by atoms with Crippen molar-refractivity contribution in [3.05, 3.63) is 77.4 Å². The van der Waals surface area contributed by atoms with Gasteiger partial charge in [0.2, 0.25) is 0 Å². The van der Waals surface area contributed by atoms with E-state index in [2.05, 4.69) is 20.4 Å². The first-order valence-electron chi connectivity index (χ1n) is 10.2. The molecule has 0 unspecified atom stereocenters. The number of fused-ring (bicyclic) bond motifs is 3. The number of alkyl halides is 2. The molecular weight excluding hydrogens is 432 g/mol. The maximum Gasteiger partial charge on any atom is 0.387 e. The van der Waals surface area contributed by atoms with Crippen LogP contribution in [0.25, 0.3) is 16.9 Å². The number of ether oxygens (including phenoxy) is 1. The van der Waals surface area contributed by atoms with Crippen LogP contribution in [0.4, 0.5) is 8.78 Å². The first-order valence-corrected chi connectivity index (χ1v) is 10.2. The van der Waals surface area contributed by atoms with Crippen LogP contribution in [0, 0.1) is 0 Å². The molecule has 1 aliphatic rings. The molecule has 0 spiro atoms. The van der Waals surface area contributed by atoms with Crippen molar-refractivity contribution in [1.29, 1.82) is 0 Å². The standard InChI is InChI=1S/C23H19F2N5O3/c1-12(31)15-7-6-13(10-26-15)16-8-9-19-28-21-17(32)11-27-20(22(21)30(19)29-16)14-4-2-3-5-18(14)33-23(24)25/h2-10,17,20,23,27,32H,11H2,1H3/t17-,20+/m1/s1. The summed E-state index contributed by atoms with van der Waals surface area (Å²) in [5, 5.41) is 18.4. The van der Waals surface area contributed by atoms with Crippen LogP contribution in [0.15, 0.2) is 54.7 Å². The molecule has 0 saturated carbocycles. The van der Waals surface area contributed by atoms with E-state index in [4.69, 9.17) is 4.74 Å². The van der Waals surface area contributed by atoms with Crippen molar-refractivity contribution in [2.75, 3.05) is 6.54 Å². The monoisotopic (exact) mass is 451 g/mol. The van der Waals surface area contributed by atoms with E-state index in [0.717, 1.165) is 0 Å². The van der Waals surface area contributed by atoms with Crippen molar-refractivity contribution < 1.29 is 23.4 Å². The highest BCUT2D eigenvalue weighted by atomic mass is 19.3. The molecule has 0 fully saturated rings. The minimum absolute atomic E-state index is 0.0301. The molecular formula is C23H19F2N5O3. The number of aromatic nitrogens is 4. The van der Waals surface area contributed by atoms with Gasteiger partial charge in [-0.2, -0.15) is 13.9 Å². The van der Waals surface area contributed by atoms with Crippen LogP contribution in [0.1, 0.15) is 46.5 Å². The summed E-state index contributed by atoms with van der Waals surface area (Å²) in [4.78, 5) is 20.2. The topological polar surface area (TPSA) is 102 Å². The van der Waals surface area contributed by atoms with E-state index in [1.807, 2.05) is 0 Å². The Bertz CT molecular complexity index is 1340. The predicted octanol–water partition coefficient (Wildman–Crippen LogP) is 3.32. The largest absolute Gasteiger partial charge is 0.434 e. The quantitative estimate of drug-likeness (QED) is 0.449. The lowest BCUT2D eigenvalue weighted by Crippen LogP contribution is -2.35. The molecule has 4 heterocycles. The summed E-state index contributed by atoms with van der Waals surface area (Å²) in [6.07, 6.45) is 0.672. The van der Waals surface area contributed by atoms with E-state index in [-0.39, 0.29) is 18.1 Å². The van der Waals surface area contributed by atoms with Crippen LogP contribution in [-0.2, 0) is 0 Å². The fraction of sp³-hybridized carbons (Fsp3) is 0.217. The van der Waals surface area contributed by atoms with Crippen LogP contribution in [0.5, 0.6) is 5.75 Å². The van der Waals surface area contributed by atoms with E-state index in [0.29, 0.717) is 39.5 Å². The number of aliphatic hydroxyl groups is 1. The van der Waals surface area contributed by atoms with Crippen molar-refractivity contribution in [3.63, 3.8) is 0 Å². The molecule has 168 valence electrons. The van der Waals surface area contributed by atoms with E-state index in [1.54, 1.807) is 53.2 Å². The summed E-state index contributed by atoms with van der Waals surface area (Å²) >= 11 is 0. The van der Waals surface area contributed by atoms with E-state index < -0.39 is 18.8 Å². The van der Waals surface area contributed by atoms with Gasteiger partial charge in [0.15, 0.2) is 11.4 Å². The number of nitrogens with zero attached hydrogens (tertiary/aromatic N) is 4. The van der Waals surface area contributed by atoms with Gasteiger partial charge < -0.3 is 15.2 Å². The van der Waals surface area contributed by atoms with Crippen molar-refractivity contribution >= 4 is 11.4 Å². The number of imidazole rings is 1. The molecule has 5 rings (SSSR count). The molecule has 0 amide bonds. The highest BCUT2D eigenvalue weighted by molar-refractivity contribution is 5.92. The van der Waals surface area contributed by atoms with Gasteiger partial charge in [-0.1, -0.05) is 18.2 Å². The fourth-order valence-corrected chi connectivity index (χ4v) is 3.99. The van der Waals surface area contributed by atoms with Gasteiger partial charge in [0.05, 0.1) is 23.1 Å². The molecule has 8 nitrogen and oxygen atoms in total. The fourth-order valence-electron chi connectivity index (χ4n) is 3.99. The first-order chi connectivity index (χ1) is 15.9. The van der Waals surface area contributed by atoms with E-state index >= 15 is 0 Å². The minimum atomic E-state index is -2.97. The number of carbonyl (C=O) groups excluding carboxylic acids is 1. The average molecular weight is 451 g/mol. The lowest BCUT2D eigenvalue weighted by atomic mass is 9.96. The number of aliphatic hydroxyl groups excluding tert-OH is 1. The SMILES string of the molecule is CC(=O)c1ccc(-c2ccc3nc4c(n3n2)[C@H](c2ccccc2OC(F)F)NC[C@H]4O)cn1. The van der Waals surface area contributed by atoms with Crippen LogP contribution >= 0.6 is 0 Å². The third kappa shape index (κ3) is 3.83. The molecule has 1 aliphatic heterocycles. The highest BCUT2D eigenvalue weighted by Gasteiger charge is 2.34. The Labute approximate surface area is 186 Å². The molecule has 4 aromatic rings. The van der Waals surface area contributed by atoms with Crippen LogP contribution in [0.2, 0.25) is 0 Å². The molecule has 10 heteroatoms. The van der Waals surface area contributed by atoms with Gasteiger partial charge in [-0.25, -0.2) is 9.50 Å². The van der Waals surface area contributed by atoms with Crippen LogP contribution in [-0.4, -0.2) is 43.6 Å². The van der Waals surface area contributed by atoms with Gasteiger partial charge in [0.1, 0.15) is 17.5 Å². The van der Waals surface area contributed by atoms with Crippen molar-refractivity contribution in [2.24, 2.45) is 0 Å². The van der Waals surface area contributed by atoms with Crippen molar-refractivity contribution in [1.82, 2.24) is 24.9 Å². The predicted molar refractivity (Wildman–Crippen MR) is 114 cm³/mol. The van der Waals surface area contributed by atoms with Gasteiger partial charge in [-0.3, -0.25) is 9.78 Å². The molecule has 0 aliphatic carbocycles. The summed E-state index contributed by atoms with van der Waals surface area (Å²) in [7, 11) is 0. The lowest BCUT2D eigenvalue weighted by Gasteiger charge is -2.28. The summed E-state index contributed by atoms with van der Waals surface area (Å²) in [6, 6.07) is 12.8. The Balaban J connectivity index is 1.64. The molecule has 0 saturated heterocycles. The Hall–Kier alpha value is -3.76. The number of carbonyl (C=O) groups is 1. The number of ketones is 1. The van der Waals surface area contributed by atoms with Gasteiger partial charge in [-0.05, 0) is 30.3 Å². The number of nitrogens with one attached hydrogen (secondary N) is 1. The Kier molecular flexibility index (Phi) is 5.31. The van der Waals surface area contributed by atoms with Gasteiger partial charge in [-0.15, -0.1) is 0 Å². The number of hydrogen-bond acceptors (Lipinski definition) is 7. The number of benzene rings is 1. The summed E-state index contributed by atoms with van der Waals surface area (Å²) < 4.78 is 32.3. The lowest BCUT2D eigenvalue weighted by molar-refractivity contribution is -0.0507. The van der Waals surface area contributed by atoms with Crippen molar-refractivity contribution in [3.8, 4) is 17.0 Å². The number of Topliss-reactive ketones (excluding diaryl/α,β-unsaturated/α-hetero) is 1. The third-order valence-corrected chi connectivity index (χ3v) is 5.51. The zero-order valence-electron chi connectivity index (χ0n) is 17.4. The number of para-hydroxylation sites is 1. The van der Waals surface area contributed by atoms with Crippen LogP contribution < -0.4 is 10.1 Å². The number of β-amino-alcohol motifs (C(OH)–C–C–N with tert-alkyl or cyclic N) is 1. The minimum Gasteiger partial charge on any atom is -0.434 e. The Morgan fingerprint density at radius 3 is 2.76 bits per heavy atom. The molecule has 33 heavy (non-hydrogen) atoms. The van der Waals surface area contributed by atoms with Gasteiger partial charge in [0, 0.05) is 30.8 Å². The Morgan fingerprint density at radius 2 is 2.03 bits per heavy atom. The van der Waals surface area contributed by atoms with Gasteiger partial charge >= 0.3 is 6.61 Å². The second-order valence-corrected chi connectivity index (χ2v) is 7.63. The third-order valence-electron chi connectivity index (χ3n) is 5.51. The maximum absolute atomic E-state index is 13.0. The molecule has 2 atom stereocenters. The molecule has 2 N–H and O–H groups in total.